The topological polar surface area (TPSA) is 9.23 Å². The lowest BCUT2D eigenvalue weighted by Crippen LogP contribution is -2.05. The van der Waals surface area contributed by atoms with Crippen molar-refractivity contribution in [3.8, 4) is 5.75 Å². The minimum atomic E-state index is 0.724. The monoisotopic (exact) mass is 312 g/mol. The van der Waals surface area contributed by atoms with Crippen molar-refractivity contribution in [2.24, 2.45) is 5.92 Å². The van der Waals surface area contributed by atoms with Crippen LogP contribution in [0.2, 0.25) is 0 Å². The van der Waals surface area contributed by atoms with Gasteiger partial charge in [0.15, 0.2) is 0 Å². The molecule has 0 aliphatic heterocycles. The molecule has 0 fully saturated rings. The highest BCUT2D eigenvalue weighted by atomic mass is 16.5. The molecule has 0 aromatic heterocycles. The molecule has 1 unspecified atom stereocenters. The van der Waals surface area contributed by atoms with E-state index in [9.17, 15) is 0 Å². The largest absolute Gasteiger partial charge is 0.494 e. The predicted molar refractivity (Wildman–Crippen MR) is 101 cm³/mol. The molecule has 0 heterocycles. The van der Waals surface area contributed by atoms with Gasteiger partial charge in [0.05, 0.1) is 6.61 Å². The third kappa shape index (κ3) is 6.64. The first-order valence-corrected chi connectivity index (χ1v) is 9.41. The average Bonchev–Trinajstić information content (AvgIpc) is 2.59. The maximum atomic E-state index is 5.48. The van der Waals surface area contributed by atoms with E-state index in [0.29, 0.717) is 0 Å². The van der Waals surface area contributed by atoms with E-state index in [-0.39, 0.29) is 0 Å². The van der Waals surface area contributed by atoms with E-state index < -0.39 is 0 Å². The minimum absolute atomic E-state index is 0.724. The van der Waals surface area contributed by atoms with Gasteiger partial charge in [0.25, 0.3) is 0 Å². The van der Waals surface area contributed by atoms with Crippen molar-refractivity contribution in [3.63, 3.8) is 0 Å². The fourth-order valence-corrected chi connectivity index (χ4v) is 3.23. The van der Waals surface area contributed by atoms with Gasteiger partial charge in [-0.25, -0.2) is 0 Å². The van der Waals surface area contributed by atoms with Crippen LogP contribution >= 0.6 is 0 Å². The number of allylic oxidation sites excluding steroid dienone is 3. The van der Waals surface area contributed by atoms with Gasteiger partial charge in [-0.15, -0.1) is 0 Å². The Bertz CT molecular complexity index is 495. The standard InChI is InChI=1S/C22H32O/c1-3-5-6-7-8-19-9-11-20(12-10-19)13-14-21-15-17-22(18-16-21)23-4-2/h11,13-19H,3-10,12H2,1-2H3. The quantitative estimate of drug-likeness (QED) is 0.456. The third-order valence-corrected chi connectivity index (χ3v) is 4.70. The third-order valence-electron chi connectivity index (χ3n) is 4.70. The van der Waals surface area contributed by atoms with E-state index in [1.165, 1.54) is 62.5 Å². The molecule has 23 heavy (non-hydrogen) atoms. The molecule has 126 valence electrons. The van der Waals surface area contributed by atoms with Gasteiger partial charge in [-0.05, 0) is 49.8 Å². The molecule has 0 saturated heterocycles. The molecule has 2 rings (SSSR count). The minimum Gasteiger partial charge on any atom is -0.494 e. The van der Waals surface area contributed by atoms with Gasteiger partial charge in [0.1, 0.15) is 5.75 Å². The first-order valence-electron chi connectivity index (χ1n) is 9.41. The second-order valence-electron chi connectivity index (χ2n) is 6.60. The predicted octanol–water partition coefficient (Wildman–Crippen LogP) is 6.80. The maximum absolute atomic E-state index is 5.48. The molecule has 1 heteroatoms. The Labute approximate surface area is 142 Å². The van der Waals surface area contributed by atoms with Crippen LogP contribution < -0.4 is 4.74 Å². The lowest BCUT2D eigenvalue weighted by atomic mass is 9.86. The molecule has 1 aliphatic carbocycles. The van der Waals surface area contributed by atoms with Gasteiger partial charge >= 0.3 is 0 Å². The summed E-state index contributed by atoms with van der Waals surface area (Å²) < 4.78 is 5.48. The van der Waals surface area contributed by atoms with Crippen molar-refractivity contribution in [1.82, 2.24) is 0 Å². The molecular formula is C22H32O. The van der Waals surface area contributed by atoms with Gasteiger partial charge in [-0.2, -0.15) is 0 Å². The molecule has 0 saturated carbocycles. The summed E-state index contributed by atoms with van der Waals surface area (Å²) in [7, 11) is 0. The highest BCUT2D eigenvalue weighted by Gasteiger charge is 2.12. The van der Waals surface area contributed by atoms with Crippen LogP contribution in [0.25, 0.3) is 6.08 Å². The zero-order valence-electron chi connectivity index (χ0n) is 14.9. The molecule has 0 spiro atoms. The van der Waals surface area contributed by atoms with Gasteiger partial charge in [-0.1, -0.05) is 75.0 Å². The SMILES string of the molecule is CCCCCCC1CC=C(C=Cc2ccc(OCC)cc2)CC1. The van der Waals surface area contributed by atoms with Crippen molar-refractivity contribution in [3.05, 3.63) is 47.6 Å². The Hall–Kier alpha value is -1.50. The summed E-state index contributed by atoms with van der Waals surface area (Å²) >= 11 is 0. The molecule has 1 aromatic rings. The summed E-state index contributed by atoms with van der Waals surface area (Å²) in [5.41, 5.74) is 2.75. The van der Waals surface area contributed by atoms with Crippen molar-refractivity contribution >= 4 is 6.08 Å². The summed E-state index contributed by atoms with van der Waals surface area (Å²) in [6.45, 7) is 5.02. The number of unbranched alkanes of at least 4 members (excludes halogenated alkanes) is 3. The summed E-state index contributed by atoms with van der Waals surface area (Å²) in [4.78, 5) is 0. The summed E-state index contributed by atoms with van der Waals surface area (Å²) in [6.07, 6.45) is 17.9. The second kappa shape index (κ2) is 10.3. The Morgan fingerprint density at radius 2 is 1.87 bits per heavy atom. The van der Waals surface area contributed by atoms with Crippen molar-refractivity contribution in [2.45, 2.75) is 65.2 Å². The molecular weight excluding hydrogens is 280 g/mol. The van der Waals surface area contributed by atoms with E-state index in [0.717, 1.165) is 18.3 Å². The van der Waals surface area contributed by atoms with E-state index in [1.807, 2.05) is 19.1 Å². The smallest absolute Gasteiger partial charge is 0.119 e. The molecule has 0 bridgehead atoms. The fourth-order valence-electron chi connectivity index (χ4n) is 3.23. The first kappa shape index (κ1) is 17.8. The molecule has 0 N–H and O–H groups in total. The van der Waals surface area contributed by atoms with Gasteiger partial charge in [-0.3, -0.25) is 0 Å². The normalized spacial score (nSPS) is 18.2. The zero-order chi connectivity index (χ0) is 16.3. The maximum Gasteiger partial charge on any atom is 0.119 e. The van der Waals surface area contributed by atoms with Crippen LogP contribution in [0.3, 0.4) is 0 Å². The van der Waals surface area contributed by atoms with Gasteiger partial charge in [0.2, 0.25) is 0 Å². The highest BCUT2D eigenvalue weighted by molar-refractivity contribution is 5.54. The Balaban J connectivity index is 1.76. The van der Waals surface area contributed by atoms with Crippen LogP contribution in [-0.4, -0.2) is 6.61 Å². The van der Waals surface area contributed by atoms with Crippen LogP contribution in [0.5, 0.6) is 5.75 Å². The highest BCUT2D eigenvalue weighted by Crippen LogP contribution is 2.28. The number of hydrogen-bond acceptors (Lipinski definition) is 1. The molecule has 1 atom stereocenters. The molecule has 1 aliphatic rings. The number of rotatable bonds is 9. The van der Waals surface area contributed by atoms with Crippen LogP contribution in [0.4, 0.5) is 0 Å². The van der Waals surface area contributed by atoms with E-state index >= 15 is 0 Å². The fraction of sp³-hybridized carbons (Fsp3) is 0.545. The molecule has 0 radical (unpaired) electrons. The molecule has 1 nitrogen and oxygen atoms in total. The Morgan fingerprint density at radius 1 is 1.04 bits per heavy atom. The van der Waals surface area contributed by atoms with Crippen molar-refractivity contribution in [1.29, 1.82) is 0 Å². The van der Waals surface area contributed by atoms with Crippen molar-refractivity contribution in [2.75, 3.05) is 6.61 Å². The first-order chi connectivity index (χ1) is 11.3. The van der Waals surface area contributed by atoms with E-state index in [4.69, 9.17) is 4.74 Å². The van der Waals surface area contributed by atoms with Crippen LogP contribution in [-0.2, 0) is 0 Å². The van der Waals surface area contributed by atoms with Crippen LogP contribution in [0, 0.1) is 5.92 Å². The second-order valence-corrected chi connectivity index (χ2v) is 6.60. The Morgan fingerprint density at radius 3 is 2.52 bits per heavy atom. The summed E-state index contributed by atoms with van der Waals surface area (Å²) in [5.74, 6) is 1.88. The number of benzene rings is 1. The zero-order valence-corrected chi connectivity index (χ0v) is 14.9. The average molecular weight is 312 g/mol. The van der Waals surface area contributed by atoms with E-state index in [2.05, 4.69) is 37.3 Å². The summed E-state index contributed by atoms with van der Waals surface area (Å²) in [6, 6.07) is 8.35. The van der Waals surface area contributed by atoms with Crippen LogP contribution in [0.1, 0.15) is 70.8 Å². The van der Waals surface area contributed by atoms with Crippen molar-refractivity contribution < 1.29 is 4.74 Å². The lowest BCUT2D eigenvalue weighted by Gasteiger charge is -2.20. The van der Waals surface area contributed by atoms with Crippen LogP contribution in [0.15, 0.2) is 42.0 Å². The number of ether oxygens (including phenoxy) is 1. The molecule has 1 aromatic carbocycles. The lowest BCUT2D eigenvalue weighted by molar-refractivity contribution is 0.340. The molecule has 0 amide bonds. The van der Waals surface area contributed by atoms with Gasteiger partial charge in [0, 0.05) is 0 Å². The number of hydrogen-bond donors (Lipinski definition) is 0. The Kier molecular flexibility index (Phi) is 8.00. The summed E-state index contributed by atoms with van der Waals surface area (Å²) in [5, 5.41) is 0. The van der Waals surface area contributed by atoms with Gasteiger partial charge < -0.3 is 4.74 Å². The van der Waals surface area contributed by atoms with E-state index in [1.54, 1.807) is 0 Å².